The number of fused-ring (bicyclic) bond motifs is 1. The van der Waals surface area contributed by atoms with Gasteiger partial charge in [-0.2, -0.15) is 4.39 Å². The molecule has 4 aromatic rings. The number of nitrogens with zero attached hydrogens (tertiary/aromatic N) is 3. The van der Waals surface area contributed by atoms with Gasteiger partial charge in [-0.25, -0.2) is 24.1 Å². The van der Waals surface area contributed by atoms with E-state index in [2.05, 4.69) is 20.3 Å². The highest BCUT2D eigenvalue weighted by Gasteiger charge is 2.22. The largest absolute Gasteiger partial charge is 0.444 e. The van der Waals surface area contributed by atoms with Gasteiger partial charge in [-0.1, -0.05) is 18.2 Å². The first kappa shape index (κ1) is 24.0. The lowest BCUT2D eigenvalue weighted by Crippen LogP contribution is -2.34. The summed E-state index contributed by atoms with van der Waals surface area (Å²) in [4.78, 5) is 24.3. The van der Waals surface area contributed by atoms with Crippen molar-refractivity contribution in [3.8, 4) is 21.7 Å². The Morgan fingerprint density at radius 2 is 1.91 bits per heavy atom. The monoisotopic (exact) mass is 502 g/mol. The second-order valence-corrected chi connectivity index (χ2v) is 10.0. The van der Waals surface area contributed by atoms with Crippen LogP contribution in [0.2, 0.25) is 5.28 Å². The first-order chi connectivity index (χ1) is 16.0. The Labute approximate surface area is 204 Å². The van der Waals surface area contributed by atoms with Gasteiger partial charge in [-0.05, 0) is 56.3 Å². The summed E-state index contributed by atoms with van der Waals surface area (Å²) < 4.78 is 34.8. The van der Waals surface area contributed by atoms with Gasteiger partial charge >= 0.3 is 6.09 Å². The fraction of sp³-hybridized carbons (Fsp3) is 0.250. The number of alkyl carbamates (subject to hydrolysis) is 1. The van der Waals surface area contributed by atoms with Crippen LogP contribution in [0.15, 0.2) is 42.7 Å². The molecule has 34 heavy (non-hydrogen) atoms. The number of hydrogen-bond donors (Lipinski definition) is 1. The third-order valence-electron chi connectivity index (χ3n) is 4.88. The Hall–Kier alpha value is -3.17. The van der Waals surface area contributed by atoms with Crippen molar-refractivity contribution in [3.05, 3.63) is 65.3 Å². The number of carbonyl (C=O) groups excluding carboxylic acids is 1. The Balaban J connectivity index is 1.79. The maximum atomic E-state index is 14.4. The summed E-state index contributed by atoms with van der Waals surface area (Å²) in [5, 5.41) is 3.54. The van der Waals surface area contributed by atoms with Crippen molar-refractivity contribution in [3.63, 3.8) is 0 Å². The van der Waals surface area contributed by atoms with E-state index in [-0.39, 0.29) is 11.0 Å². The number of amides is 1. The van der Waals surface area contributed by atoms with Crippen molar-refractivity contribution >= 4 is 39.1 Å². The van der Waals surface area contributed by atoms with Crippen LogP contribution in [0, 0.1) is 11.8 Å². The number of rotatable bonds is 4. The van der Waals surface area contributed by atoms with Gasteiger partial charge in [-0.15, -0.1) is 11.3 Å². The summed E-state index contributed by atoms with van der Waals surface area (Å²) in [7, 11) is 0. The molecular formula is C24H21ClF2N4O2S. The van der Waals surface area contributed by atoms with E-state index in [0.717, 1.165) is 16.3 Å². The fourth-order valence-corrected chi connectivity index (χ4v) is 4.80. The number of ether oxygens (including phenoxy) is 1. The summed E-state index contributed by atoms with van der Waals surface area (Å²) >= 11 is 7.17. The molecule has 6 nitrogen and oxygen atoms in total. The highest BCUT2D eigenvalue weighted by atomic mass is 35.5. The fourth-order valence-electron chi connectivity index (χ4n) is 3.49. The van der Waals surface area contributed by atoms with Crippen LogP contribution >= 0.6 is 22.9 Å². The van der Waals surface area contributed by atoms with Crippen molar-refractivity contribution in [1.82, 2.24) is 20.3 Å². The average Bonchev–Trinajstić information content (AvgIpc) is 3.18. The number of thiophene rings is 1. The van der Waals surface area contributed by atoms with E-state index >= 15 is 0 Å². The molecule has 0 unspecified atom stereocenters. The van der Waals surface area contributed by atoms with Crippen molar-refractivity contribution in [1.29, 1.82) is 0 Å². The first-order valence-electron chi connectivity index (χ1n) is 10.4. The summed E-state index contributed by atoms with van der Waals surface area (Å²) in [6, 6.07) is 8.13. The molecule has 1 N–H and O–H groups in total. The molecule has 0 spiro atoms. The Morgan fingerprint density at radius 3 is 2.65 bits per heavy atom. The lowest BCUT2D eigenvalue weighted by Gasteiger charge is -2.23. The van der Waals surface area contributed by atoms with Gasteiger partial charge in [0, 0.05) is 28.1 Å². The van der Waals surface area contributed by atoms with E-state index in [0.29, 0.717) is 21.6 Å². The summed E-state index contributed by atoms with van der Waals surface area (Å²) in [5.74, 6) is -1.26. The molecule has 1 aromatic carbocycles. The number of halogens is 3. The smallest absolute Gasteiger partial charge is 0.408 e. The van der Waals surface area contributed by atoms with E-state index in [9.17, 15) is 13.6 Å². The number of aromatic nitrogens is 3. The molecule has 0 saturated heterocycles. The lowest BCUT2D eigenvalue weighted by molar-refractivity contribution is 0.0508. The molecule has 3 aromatic heterocycles. The van der Waals surface area contributed by atoms with Gasteiger partial charge < -0.3 is 10.1 Å². The van der Waals surface area contributed by atoms with Gasteiger partial charge in [0.25, 0.3) is 0 Å². The average molecular weight is 503 g/mol. The topological polar surface area (TPSA) is 77.0 Å². The van der Waals surface area contributed by atoms with Crippen LogP contribution in [0.4, 0.5) is 13.6 Å². The maximum absolute atomic E-state index is 14.4. The van der Waals surface area contributed by atoms with E-state index in [1.807, 2.05) is 18.2 Å². The molecule has 3 heterocycles. The van der Waals surface area contributed by atoms with Crippen LogP contribution in [-0.2, 0) is 4.74 Å². The molecule has 0 aliphatic heterocycles. The molecule has 0 fully saturated rings. The molecular weight excluding hydrogens is 482 g/mol. The van der Waals surface area contributed by atoms with Crippen molar-refractivity contribution < 1.29 is 18.3 Å². The molecule has 176 valence electrons. The summed E-state index contributed by atoms with van der Waals surface area (Å²) in [5.41, 5.74) is 1.30. The van der Waals surface area contributed by atoms with Gasteiger partial charge in [0.2, 0.25) is 11.2 Å². The summed E-state index contributed by atoms with van der Waals surface area (Å²) in [6.07, 6.45) is 1.82. The van der Waals surface area contributed by atoms with Crippen LogP contribution in [0.25, 0.3) is 31.8 Å². The molecule has 10 heteroatoms. The predicted molar refractivity (Wildman–Crippen MR) is 129 cm³/mol. The second kappa shape index (κ2) is 9.23. The van der Waals surface area contributed by atoms with Gasteiger partial charge in [0.1, 0.15) is 11.3 Å². The normalized spacial score (nSPS) is 12.6. The van der Waals surface area contributed by atoms with Crippen LogP contribution in [-0.4, -0.2) is 26.6 Å². The highest BCUT2D eigenvalue weighted by Crippen LogP contribution is 2.41. The highest BCUT2D eigenvalue weighted by molar-refractivity contribution is 7.22. The molecule has 1 amide bonds. The van der Waals surface area contributed by atoms with E-state index in [4.69, 9.17) is 16.3 Å². The zero-order chi connectivity index (χ0) is 24.6. The van der Waals surface area contributed by atoms with Crippen LogP contribution in [0.1, 0.15) is 39.3 Å². The van der Waals surface area contributed by atoms with Crippen LogP contribution < -0.4 is 5.32 Å². The van der Waals surface area contributed by atoms with Gasteiger partial charge in [0.15, 0.2) is 5.82 Å². The Morgan fingerprint density at radius 1 is 1.15 bits per heavy atom. The predicted octanol–water partition coefficient (Wildman–Crippen LogP) is 6.94. The zero-order valence-electron chi connectivity index (χ0n) is 18.8. The quantitative estimate of drug-likeness (QED) is 0.241. The minimum absolute atomic E-state index is 0.0605. The van der Waals surface area contributed by atoms with E-state index in [1.54, 1.807) is 33.8 Å². The number of pyridine rings is 1. The number of carbonyl (C=O) groups is 1. The third-order valence-corrected chi connectivity index (χ3v) is 6.26. The lowest BCUT2D eigenvalue weighted by atomic mass is 9.96. The van der Waals surface area contributed by atoms with Crippen LogP contribution in [0.3, 0.4) is 0 Å². The van der Waals surface area contributed by atoms with Crippen LogP contribution in [0.5, 0.6) is 0 Å². The number of nitrogens with one attached hydrogen (secondary N) is 1. The van der Waals surface area contributed by atoms with E-state index < -0.39 is 29.5 Å². The molecule has 0 saturated carbocycles. The minimum atomic E-state index is -0.661. The Bertz CT molecular complexity index is 1390. The molecule has 0 aliphatic carbocycles. The molecule has 4 rings (SSSR count). The molecule has 0 radical (unpaired) electrons. The zero-order valence-corrected chi connectivity index (χ0v) is 20.4. The van der Waals surface area contributed by atoms with Crippen molar-refractivity contribution in [2.45, 2.75) is 39.3 Å². The summed E-state index contributed by atoms with van der Waals surface area (Å²) in [6.45, 7) is 7.07. The minimum Gasteiger partial charge on any atom is -0.444 e. The molecule has 0 bridgehead atoms. The SMILES string of the molecule is C[C@@H](NC(=O)OC(C)(C)C)c1cnc(F)cc1-c1cccc2cc(-c3nc(Cl)ncc3F)sc12. The van der Waals surface area contributed by atoms with Crippen molar-refractivity contribution in [2.24, 2.45) is 0 Å². The van der Waals surface area contributed by atoms with Gasteiger partial charge in [0.05, 0.1) is 17.1 Å². The Kier molecular flexibility index (Phi) is 6.51. The number of hydrogen-bond acceptors (Lipinski definition) is 6. The van der Waals surface area contributed by atoms with Gasteiger partial charge in [-0.3, -0.25) is 0 Å². The second-order valence-electron chi connectivity index (χ2n) is 8.63. The number of benzene rings is 1. The van der Waals surface area contributed by atoms with Crippen molar-refractivity contribution in [2.75, 3.05) is 0 Å². The van der Waals surface area contributed by atoms with E-state index in [1.165, 1.54) is 23.6 Å². The maximum Gasteiger partial charge on any atom is 0.408 e. The standard InChI is InChI=1S/C24H21ClF2N4O2S/c1-12(30-23(32)33-24(2,3)4)16-10-28-19(27)9-15(16)14-7-5-6-13-8-18(34-21(13)14)20-17(26)11-29-22(25)31-20/h5-12H,1-4H3,(H,30,32)/t12-/m1/s1. The molecule has 0 aliphatic rings. The first-order valence-corrected chi connectivity index (χ1v) is 11.6. The third kappa shape index (κ3) is 5.15. The molecule has 1 atom stereocenters.